The van der Waals surface area contributed by atoms with Gasteiger partial charge in [0.25, 0.3) is 12.3 Å². The van der Waals surface area contributed by atoms with Gasteiger partial charge in [-0.15, -0.1) is 0 Å². The normalized spacial score (nSPS) is 19.5. The predicted octanol–water partition coefficient (Wildman–Crippen LogP) is 7.29. The quantitative estimate of drug-likeness (QED) is 0.307. The van der Waals surface area contributed by atoms with Crippen LogP contribution >= 0.6 is 0 Å². The zero-order valence-electron chi connectivity index (χ0n) is 22.8. The number of aromatic nitrogens is 2. The van der Waals surface area contributed by atoms with Crippen molar-refractivity contribution in [2.24, 2.45) is 0 Å². The summed E-state index contributed by atoms with van der Waals surface area (Å²) >= 11 is 0. The molecule has 1 aromatic heterocycles. The first-order valence-electron chi connectivity index (χ1n) is 13.1. The molecule has 0 radical (unpaired) electrons. The Bertz CT molecular complexity index is 1590. The van der Waals surface area contributed by atoms with Crippen LogP contribution in [0.2, 0.25) is 0 Å². The van der Waals surface area contributed by atoms with Gasteiger partial charge in [-0.25, -0.2) is 28.1 Å². The van der Waals surface area contributed by atoms with E-state index in [1.54, 1.807) is 12.1 Å². The SMILES string of the molecule is C=C1C(C(=O)Nc2ccc(C(F)F)cc2-c2cc(C(F)(F)F)ncn2)=C(C)C2(C)CCCN2N1Cc1cccc(F)c1. The van der Waals surface area contributed by atoms with E-state index in [0.29, 0.717) is 30.2 Å². The van der Waals surface area contributed by atoms with Crippen LogP contribution < -0.4 is 5.32 Å². The van der Waals surface area contributed by atoms with Gasteiger partial charge >= 0.3 is 6.18 Å². The summed E-state index contributed by atoms with van der Waals surface area (Å²) in [5.74, 6) is -1.02. The molecule has 0 saturated carbocycles. The first-order chi connectivity index (χ1) is 19.8. The molecule has 12 heteroatoms. The standard InChI is InChI=1S/C30H27F6N5O/c1-17-26(18(2)40(41-11-5-10-29(17,41)3)15-19-6-4-7-21(31)12-19)28(42)39-23-9-8-20(27(32)33)13-22(23)24-14-25(30(34,35)36)38-16-37-24/h4,6-9,12-14,16,27H,2,5,10-11,15H2,1,3H3,(H,39,42). The third kappa shape index (κ3) is 5.38. The molecule has 1 fully saturated rings. The van der Waals surface area contributed by atoms with E-state index in [-0.39, 0.29) is 29.1 Å². The van der Waals surface area contributed by atoms with Crippen molar-refractivity contribution in [3.8, 4) is 11.3 Å². The maximum Gasteiger partial charge on any atom is 0.433 e. The Morgan fingerprint density at radius 3 is 2.60 bits per heavy atom. The Morgan fingerprint density at radius 1 is 1.14 bits per heavy atom. The van der Waals surface area contributed by atoms with Gasteiger partial charge in [-0.3, -0.25) is 4.79 Å². The zero-order chi connectivity index (χ0) is 30.4. The summed E-state index contributed by atoms with van der Waals surface area (Å²) in [4.78, 5) is 21.0. The monoisotopic (exact) mass is 587 g/mol. The molecule has 0 aliphatic carbocycles. The summed E-state index contributed by atoms with van der Waals surface area (Å²) in [7, 11) is 0. The lowest BCUT2D eigenvalue weighted by Gasteiger charge is -2.50. The number of hydrazine groups is 1. The van der Waals surface area contributed by atoms with Crippen LogP contribution in [0.5, 0.6) is 0 Å². The second-order valence-electron chi connectivity index (χ2n) is 10.5. The first-order valence-corrected chi connectivity index (χ1v) is 13.1. The molecule has 0 bridgehead atoms. The van der Waals surface area contributed by atoms with Gasteiger partial charge in [0.1, 0.15) is 17.8 Å². The number of carbonyl (C=O) groups excluding carboxylic acids is 1. The summed E-state index contributed by atoms with van der Waals surface area (Å²) < 4.78 is 81.2. The Kier molecular flexibility index (Phi) is 7.61. The van der Waals surface area contributed by atoms with Crippen molar-refractivity contribution in [1.82, 2.24) is 20.0 Å². The van der Waals surface area contributed by atoms with Crippen LogP contribution in [0.15, 0.2) is 78.3 Å². The van der Waals surface area contributed by atoms with Gasteiger partial charge in [-0.05, 0) is 68.2 Å². The topological polar surface area (TPSA) is 61.4 Å². The third-order valence-electron chi connectivity index (χ3n) is 7.90. The Hall–Kier alpha value is -4.19. The summed E-state index contributed by atoms with van der Waals surface area (Å²) in [6, 6.07) is 10.0. The van der Waals surface area contributed by atoms with Crippen LogP contribution in [-0.2, 0) is 17.5 Å². The van der Waals surface area contributed by atoms with Crippen LogP contribution in [0.1, 0.15) is 49.9 Å². The number of carbonyl (C=O) groups is 1. The smallest absolute Gasteiger partial charge is 0.321 e. The van der Waals surface area contributed by atoms with Gasteiger partial charge in [0.2, 0.25) is 0 Å². The van der Waals surface area contributed by atoms with E-state index in [4.69, 9.17) is 0 Å². The third-order valence-corrected chi connectivity index (χ3v) is 7.90. The van der Waals surface area contributed by atoms with E-state index in [9.17, 15) is 31.1 Å². The van der Waals surface area contributed by atoms with Crippen LogP contribution in [0.25, 0.3) is 11.3 Å². The maximum atomic E-state index is 14.0. The van der Waals surface area contributed by atoms with Crippen LogP contribution in [0.4, 0.5) is 32.0 Å². The zero-order valence-corrected chi connectivity index (χ0v) is 22.8. The molecule has 220 valence electrons. The maximum absolute atomic E-state index is 14.0. The van der Waals surface area contributed by atoms with E-state index in [0.717, 1.165) is 30.5 Å². The fourth-order valence-corrected chi connectivity index (χ4v) is 5.63. The number of rotatable bonds is 6. The number of fused-ring (bicyclic) bond motifs is 1. The lowest BCUT2D eigenvalue weighted by atomic mass is 9.84. The van der Waals surface area contributed by atoms with Crippen molar-refractivity contribution in [1.29, 1.82) is 0 Å². The van der Waals surface area contributed by atoms with Gasteiger partial charge in [-0.1, -0.05) is 24.8 Å². The predicted molar refractivity (Wildman–Crippen MR) is 144 cm³/mol. The molecule has 3 aromatic rings. The molecule has 2 aromatic carbocycles. The van der Waals surface area contributed by atoms with Crippen molar-refractivity contribution in [3.63, 3.8) is 0 Å². The van der Waals surface area contributed by atoms with Gasteiger partial charge in [0.05, 0.1) is 34.7 Å². The van der Waals surface area contributed by atoms with Gasteiger partial charge in [-0.2, -0.15) is 13.2 Å². The van der Waals surface area contributed by atoms with Crippen molar-refractivity contribution < 1.29 is 31.1 Å². The summed E-state index contributed by atoms with van der Waals surface area (Å²) in [6.45, 7) is 8.93. The Balaban J connectivity index is 1.54. The van der Waals surface area contributed by atoms with Gasteiger partial charge in [0, 0.05) is 17.7 Å². The number of halogens is 6. The molecular weight excluding hydrogens is 560 g/mol. The largest absolute Gasteiger partial charge is 0.433 e. The molecule has 6 nitrogen and oxygen atoms in total. The Morgan fingerprint density at radius 2 is 1.90 bits per heavy atom. The number of hydrogen-bond donors (Lipinski definition) is 1. The van der Waals surface area contributed by atoms with Crippen molar-refractivity contribution >= 4 is 11.6 Å². The van der Waals surface area contributed by atoms with Gasteiger partial charge < -0.3 is 10.3 Å². The molecule has 2 aliphatic heterocycles. The number of nitrogens with one attached hydrogen (secondary N) is 1. The lowest BCUT2D eigenvalue weighted by molar-refractivity contribution is -0.141. The molecule has 3 heterocycles. The van der Waals surface area contributed by atoms with Crippen molar-refractivity contribution in [3.05, 3.63) is 101 Å². The number of anilines is 1. The van der Waals surface area contributed by atoms with E-state index in [1.807, 2.05) is 18.9 Å². The molecule has 2 aliphatic rings. The molecule has 1 atom stereocenters. The van der Waals surface area contributed by atoms with E-state index >= 15 is 0 Å². The van der Waals surface area contributed by atoms with E-state index in [1.165, 1.54) is 18.2 Å². The molecule has 0 spiro atoms. The molecule has 5 rings (SSSR count). The molecule has 1 saturated heterocycles. The highest BCUT2D eigenvalue weighted by Gasteiger charge is 2.48. The second kappa shape index (κ2) is 10.9. The van der Waals surface area contributed by atoms with Crippen molar-refractivity contribution in [2.45, 2.75) is 51.4 Å². The molecule has 1 N–H and O–H groups in total. The summed E-state index contributed by atoms with van der Waals surface area (Å²) in [5, 5.41) is 6.65. The van der Waals surface area contributed by atoms with Gasteiger partial charge in [0.15, 0.2) is 0 Å². The fraction of sp³-hybridized carbons (Fsp3) is 0.300. The highest BCUT2D eigenvalue weighted by atomic mass is 19.4. The average molecular weight is 588 g/mol. The van der Waals surface area contributed by atoms with Crippen molar-refractivity contribution in [2.75, 3.05) is 11.9 Å². The molecule has 1 unspecified atom stereocenters. The van der Waals surface area contributed by atoms with E-state index in [2.05, 4.69) is 26.9 Å². The molecule has 1 amide bonds. The molecular formula is C30H27F6N5O. The van der Waals surface area contributed by atoms with E-state index < -0.39 is 41.1 Å². The summed E-state index contributed by atoms with van der Waals surface area (Å²) in [5.41, 5.74) is -0.710. The Labute approximate surface area is 238 Å². The minimum absolute atomic E-state index is 0.0139. The second-order valence-corrected chi connectivity index (χ2v) is 10.5. The summed E-state index contributed by atoms with van der Waals surface area (Å²) in [6.07, 6.45) is -5.45. The number of amides is 1. The fourth-order valence-electron chi connectivity index (χ4n) is 5.63. The minimum atomic E-state index is -4.79. The molecule has 42 heavy (non-hydrogen) atoms. The van der Waals surface area contributed by atoms with Crippen LogP contribution in [-0.4, -0.2) is 38.0 Å². The average Bonchev–Trinajstić information content (AvgIpc) is 3.34. The lowest BCUT2D eigenvalue weighted by Crippen LogP contribution is -2.56. The number of hydrogen-bond acceptors (Lipinski definition) is 5. The van der Waals surface area contributed by atoms with Crippen LogP contribution in [0, 0.1) is 5.82 Å². The highest BCUT2D eigenvalue weighted by molar-refractivity contribution is 6.09. The first kappa shape index (κ1) is 29.3. The number of benzene rings is 2. The number of nitrogens with zero attached hydrogens (tertiary/aromatic N) is 4. The number of alkyl halides is 5. The minimum Gasteiger partial charge on any atom is -0.321 e. The highest BCUT2D eigenvalue weighted by Crippen LogP contribution is 2.46. The van der Waals surface area contributed by atoms with Crippen LogP contribution in [0.3, 0.4) is 0 Å².